The van der Waals surface area contributed by atoms with Crippen LogP contribution in [-0.4, -0.2) is 58.7 Å². The fraction of sp³-hybridized carbons (Fsp3) is 0.562. The number of methoxy groups -OCH3 is 1. The number of carbonyl (C=O) groups is 1. The summed E-state index contributed by atoms with van der Waals surface area (Å²) in [6.07, 6.45) is 1.68. The van der Waals surface area contributed by atoms with Crippen molar-refractivity contribution in [2.75, 3.05) is 45.0 Å². The van der Waals surface area contributed by atoms with E-state index in [0.29, 0.717) is 37.7 Å². The number of amides is 1. The van der Waals surface area contributed by atoms with E-state index in [4.69, 9.17) is 9.47 Å². The average Bonchev–Trinajstić information content (AvgIpc) is 2.56. The highest BCUT2D eigenvalue weighted by Gasteiger charge is 2.48. The van der Waals surface area contributed by atoms with E-state index in [1.165, 1.54) is 0 Å². The molecule has 1 heterocycles. The van der Waals surface area contributed by atoms with Crippen molar-refractivity contribution in [3.63, 3.8) is 0 Å². The first-order valence-corrected chi connectivity index (χ1v) is 9.72. The molecule has 1 aromatic rings. The van der Waals surface area contributed by atoms with Gasteiger partial charge in [-0.1, -0.05) is 0 Å². The SMILES string of the molecule is COCCOc1ccc(NC(=O)C2(S(C)(=O)=O)CCNCC2)cc1.Cl. The van der Waals surface area contributed by atoms with Gasteiger partial charge in [-0.3, -0.25) is 4.79 Å². The summed E-state index contributed by atoms with van der Waals surface area (Å²) in [6.45, 7) is 1.94. The van der Waals surface area contributed by atoms with Crippen LogP contribution in [0.3, 0.4) is 0 Å². The molecule has 1 fully saturated rings. The molecule has 1 aliphatic heterocycles. The topological polar surface area (TPSA) is 93.7 Å². The lowest BCUT2D eigenvalue weighted by molar-refractivity contribution is -0.119. The monoisotopic (exact) mass is 392 g/mol. The smallest absolute Gasteiger partial charge is 0.245 e. The molecule has 0 spiro atoms. The van der Waals surface area contributed by atoms with Gasteiger partial charge in [0.15, 0.2) is 14.6 Å². The molecule has 0 saturated carbocycles. The van der Waals surface area contributed by atoms with Crippen molar-refractivity contribution in [1.82, 2.24) is 5.32 Å². The minimum atomic E-state index is -3.52. The van der Waals surface area contributed by atoms with Crippen LogP contribution in [0.1, 0.15) is 12.8 Å². The molecule has 0 aromatic heterocycles. The molecule has 9 heteroatoms. The Morgan fingerprint density at radius 1 is 1.20 bits per heavy atom. The van der Waals surface area contributed by atoms with Gasteiger partial charge in [-0.05, 0) is 50.2 Å². The largest absolute Gasteiger partial charge is 0.491 e. The zero-order valence-corrected chi connectivity index (χ0v) is 16.0. The average molecular weight is 393 g/mol. The van der Waals surface area contributed by atoms with E-state index < -0.39 is 20.5 Å². The number of piperidine rings is 1. The highest BCUT2D eigenvalue weighted by atomic mass is 35.5. The first-order valence-electron chi connectivity index (χ1n) is 7.83. The zero-order valence-electron chi connectivity index (χ0n) is 14.4. The number of carbonyl (C=O) groups excluding carboxylic acids is 1. The van der Waals surface area contributed by atoms with Gasteiger partial charge >= 0.3 is 0 Å². The third-order valence-corrected chi connectivity index (χ3v) is 6.22. The summed E-state index contributed by atoms with van der Waals surface area (Å²) in [6, 6.07) is 6.83. The van der Waals surface area contributed by atoms with Crippen LogP contribution in [0.15, 0.2) is 24.3 Å². The van der Waals surface area contributed by atoms with Crippen molar-refractivity contribution in [2.45, 2.75) is 17.6 Å². The van der Waals surface area contributed by atoms with Gasteiger partial charge in [0.2, 0.25) is 5.91 Å². The Hall–Kier alpha value is -1.35. The Morgan fingerprint density at radius 3 is 2.32 bits per heavy atom. The molecule has 0 radical (unpaired) electrons. The molecule has 25 heavy (non-hydrogen) atoms. The molecule has 2 rings (SSSR count). The third-order valence-electron chi connectivity index (χ3n) is 4.20. The maximum absolute atomic E-state index is 12.7. The van der Waals surface area contributed by atoms with Gasteiger partial charge in [-0.15, -0.1) is 12.4 Å². The molecule has 7 nitrogen and oxygen atoms in total. The summed E-state index contributed by atoms with van der Waals surface area (Å²) in [5.74, 6) is 0.185. The standard InChI is InChI=1S/C16H24N2O5S.ClH/c1-22-11-12-23-14-5-3-13(4-6-14)18-15(19)16(24(2,20)21)7-9-17-10-8-16;/h3-6,17H,7-12H2,1-2H3,(H,18,19);1H. The van der Waals surface area contributed by atoms with Gasteiger partial charge in [-0.2, -0.15) is 0 Å². The molecule has 0 bridgehead atoms. The number of rotatable bonds is 7. The summed E-state index contributed by atoms with van der Waals surface area (Å²) < 4.78 is 33.4. The Balaban J connectivity index is 0.00000312. The van der Waals surface area contributed by atoms with E-state index in [0.717, 1.165) is 6.26 Å². The van der Waals surface area contributed by atoms with Gasteiger partial charge in [-0.25, -0.2) is 8.42 Å². The van der Waals surface area contributed by atoms with Crippen molar-refractivity contribution < 1.29 is 22.7 Å². The number of benzene rings is 1. The fourth-order valence-corrected chi connectivity index (χ4v) is 4.05. The third kappa shape index (κ3) is 5.31. The zero-order chi connectivity index (χ0) is 17.6. The lowest BCUT2D eigenvalue weighted by Gasteiger charge is -2.34. The van der Waals surface area contributed by atoms with Gasteiger partial charge < -0.3 is 20.1 Å². The molecule has 0 aliphatic carbocycles. The normalized spacial score (nSPS) is 16.6. The van der Waals surface area contributed by atoms with Gasteiger partial charge in [0.1, 0.15) is 12.4 Å². The maximum atomic E-state index is 12.7. The number of halogens is 1. The van der Waals surface area contributed by atoms with Gasteiger partial charge in [0.05, 0.1) is 6.61 Å². The minimum Gasteiger partial charge on any atom is -0.491 e. The summed E-state index contributed by atoms with van der Waals surface area (Å²) in [4.78, 5) is 12.7. The number of nitrogens with one attached hydrogen (secondary N) is 2. The molecule has 1 aliphatic rings. The molecule has 0 unspecified atom stereocenters. The van der Waals surface area contributed by atoms with Crippen LogP contribution in [0.5, 0.6) is 5.75 Å². The van der Waals surface area contributed by atoms with Crippen molar-refractivity contribution in [3.05, 3.63) is 24.3 Å². The van der Waals surface area contributed by atoms with Crippen LogP contribution in [0.25, 0.3) is 0 Å². The van der Waals surface area contributed by atoms with E-state index >= 15 is 0 Å². The summed E-state index contributed by atoms with van der Waals surface area (Å²) >= 11 is 0. The highest BCUT2D eigenvalue weighted by molar-refractivity contribution is 7.92. The number of hydrogen-bond acceptors (Lipinski definition) is 6. The summed E-state index contributed by atoms with van der Waals surface area (Å²) in [5, 5.41) is 5.82. The first kappa shape index (κ1) is 21.7. The molecule has 142 valence electrons. The predicted molar refractivity (Wildman–Crippen MR) is 99.4 cm³/mol. The summed E-state index contributed by atoms with van der Waals surface area (Å²) in [7, 11) is -1.92. The Bertz CT molecular complexity index is 658. The Labute approximate surface area is 154 Å². The van der Waals surface area contributed by atoms with E-state index in [1.54, 1.807) is 31.4 Å². The second kappa shape index (κ2) is 9.38. The lowest BCUT2D eigenvalue weighted by atomic mass is 9.95. The lowest BCUT2D eigenvalue weighted by Crippen LogP contribution is -2.55. The maximum Gasteiger partial charge on any atom is 0.245 e. The number of sulfone groups is 1. The molecule has 1 saturated heterocycles. The van der Waals surface area contributed by atoms with Crippen LogP contribution in [0.4, 0.5) is 5.69 Å². The van der Waals surface area contributed by atoms with Gasteiger partial charge in [0.25, 0.3) is 0 Å². The Kier molecular flexibility index (Phi) is 8.14. The van der Waals surface area contributed by atoms with Crippen molar-refractivity contribution >= 4 is 33.8 Å². The molecule has 1 aromatic carbocycles. The molecule has 1 amide bonds. The van der Waals surface area contributed by atoms with E-state index in [1.807, 2.05) is 0 Å². The van der Waals surface area contributed by atoms with E-state index in [2.05, 4.69) is 10.6 Å². The minimum absolute atomic E-state index is 0. The van der Waals surface area contributed by atoms with Crippen LogP contribution in [-0.2, 0) is 19.4 Å². The number of ether oxygens (including phenoxy) is 2. The summed E-state index contributed by atoms with van der Waals surface area (Å²) in [5.41, 5.74) is 0.542. The number of hydrogen-bond donors (Lipinski definition) is 2. The van der Waals surface area contributed by atoms with E-state index in [9.17, 15) is 13.2 Å². The van der Waals surface area contributed by atoms with Crippen molar-refractivity contribution in [2.24, 2.45) is 0 Å². The highest BCUT2D eigenvalue weighted by Crippen LogP contribution is 2.29. The van der Waals surface area contributed by atoms with Crippen LogP contribution >= 0.6 is 12.4 Å². The van der Waals surface area contributed by atoms with Crippen LogP contribution in [0, 0.1) is 0 Å². The van der Waals surface area contributed by atoms with E-state index in [-0.39, 0.29) is 25.2 Å². The van der Waals surface area contributed by atoms with Crippen molar-refractivity contribution in [3.8, 4) is 5.75 Å². The second-order valence-electron chi connectivity index (χ2n) is 5.84. The van der Waals surface area contributed by atoms with Crippen molar-refractivity contribution in [1.29, 1.82) is 0 Å². The van der Waals surface area contributed by atoms with Crippen LogP contribution in [0.2, 0.25) is 0 Å². The predicted octanol–water partition coefficient (Wildman–Crippen LogP) is 1.24. The fourth-order valence-electron chi connectivity index (χ4n) is 2.72. The molecular formula is C16H25ClN2O5S. The second-order valence-corrected chi connectivity index (χ2v) is 8.16. The van der Waals surface area contributed by atoms with Gasteiger partial charge in [0, 0.05) is 19.1 Å². The molecule has 0 atom stereocenters. The quantitative estimate of drug-likeness (QED) is 0.678. The molecular weight excluding hydrogens is 368 g/mol. The number of anilines is 1. The Morgan fingerprint density at radius 2 is 1.80 bits per heavy atom. The first-order chi connectivity index (χ1) is 11.4. The molecule has 2 N–H and O–H groups in total. The van der Waals surface area contributed by atoms with Crippen LogP contribution < -0.4 is 15.4 Å².